The number of sulfone groups is 1. The molecule has 0 bridgehead atoms. The molecule has 0 amide bonds. The third-order valence-corrected chi connectivity index (χ3v) is 4.82. The standard InChI is InChI=1S/C12H19NO2S2/c1-9(6-7-13)10-4-5-12(17(3,14)15)11(8-10)16-2/h4-5,8-9H,6-7,13H2,1-3H3. The lowest BCUT2D eigenvalue weighted by Gasteiger charge is -2.13. The molecule has 0 saturated carbocycles. The van der Waals surface area contributed by atoms with Crippen LogP contribution in [0.3, 0.4) is 0 Å². The summed E-state index contributed by atoms with van der Waals surface area (Å²) in [4.78, 5) is 1.22. The van der Waals surface area contributed by atoms with Crippen molar-refractivity contribution in [2.75, 3.05) is 19.1 Å². The predicted octanol–water partition coefficient (Wildman–Crippen LogP) is 2.26. The summed E-state index contributed by atoms with van der Waals surface area (Å²) in [5.41, 5.74) is 6.68. The van der Waals surface area contributed by atoms with Gasteiger partial charge in [0.1, 0.15) is 0 Å². The van der Waals surface area contributed by atoms with Gasteiger partial charge in [-0.05, 0) is 42.8 Å². The molecule has 1 aromatic carbocycles. The van der Waals surface area contributed by atoms with Gasteiger partial charge in [0.15, 0.2) is 9.84 Å². The summed E-state index contributed by atoms with van der Waals surface area (Å²) in [6.45, 7) is 2.75. The van der Waals surface area contributed by atoms with Crippen LogP contribution >= 0.6 is 11.8 Å². The van der Waals surface area contributed by atoms with Gasteiger partial charge in [-0.1, -0.05) is 13.0 Å². The minimum Gasteiger partial charge on any atom is -0.330 e. The maximum atomic E-state index is 11.6. The van der Waals surface area contributed by atoms with E-state index in [1.807, 2.05) is 18.4 Å². The van der Waals surface area contributed by atoms with E-state index >= 15 is 0 Å². The normalized spacial score (nSPS) is 13.6. The molecule has 0 aliphatic carbocycles. The third-order valence-electron chi connectivity index (χ3n) is 2.76. The van der Waals surface area contributed by atoms with Crippen molar-refractivity contribution < 1.29 is 8.42 Å². The van der Waals surface area contributed by atoms with Gasteiger partial charge in [0, 0.05) is 11.2 Å². The fraction of sp³-hybridized carbons (Fsp3) is 0.500. The van der Waals surface area contributed by atoms with Crippen LogP contribution in [0.5, 0.6) is 0 Å². The van der Waals surface area contributed by atoms with Crippen LogP contribution in [0.4, 0.5) is 0 Å². The Kier molecular flexibility index (Phi) is 5.04. The Labute approximate surface area is 108 Å². The molecule has 96 valence electrons. The van der Waals surface area contributed by atoms with Gasteiger partial charge in [-0.25, -0.2) is 8.42 Å². The molecule has 0 spiro atoms. The van der Waals surface area contributed by atoms with Crippen molar-refractivity contribution in [2.24, 2.45) is 5.73 Å². The van der Waals surface area contributed by atoms with Crippen LogP contribution in [0, 0.1) is 0 Å². The summed E-state index contributed by atoms with van der Waals surface area (Å²) < 4.78 is 23.2. The molecule has 1 atom stereocenters. The maximum Gasteiger partial charge on any atom is 0.176 e. The summed E-state index contributed by atoms with van der Waals surface area (Å²) >= 11 is 1.46. The Morgan fingerprint density at radius 1 is 1.41 bits per heavy atom. The molecular weight excluding hydrogens is 254 g/mol. The van der Waals surface area contributed by atoms with Gasteiger partial charge >= 0.3 is 0 Å². The highest BCUT2D eigenvalue weighted by atomic mass is 32.2. The number of nitrogens with two attached hydrogens (primary N) is 1. The SMILES string of the molecule is CSc1cc(C(C)CCN)ccc1S(C)(=O)=O. The molecule has 5 heteroatoms. The summed E-state index contributed by atoms with van der Waals surface area (Å²) in [5, 5.41) is 0. The van der Waals surface area contributed by atoms with Crippen molar-refractivity contribution in [2.45, 2.75) is 29.1 Å². The van der Waals surface area contributed by atoms with Gasteiger partial charge in [-0.15, -0.1) is 11.8 Å². The van der Waals surface area contributed by atoms with Gasteiger partial charge in [0.2, 0.25) is 0 Å². The van der Waals surface area contributed by atoms with Crippen LogP contribution in [0.15, 0.2) is 28.0 Å². The second-order valence-corrected chi connectivity index (χ2v) is 6.99. The molecule has 0 aliphatic rings. The van der Waals surface area contributed by atoms with Crippen molar-refractivity contribution in [3.63, 3.8) is 0 Å². The summed E-state index contributed by atoms with van der Waals surface area (Å²) in [6, 6.07) is 5.54. The van der Waals surface area contributed by atoms with Crippen LogP contribution in [-0.2, 0) is 9.84 Å². The van der Waals surface area contributed by atoms with Gasteiger partial charge in [-0.2, -0.15) is 0 Å². The van der Waals surface area contributed by atoms with E-state index < -0.39 is 9.84 Å². The van der Waals surface area contributed by atoms with Crippen molar-refractivity contribution in [1.82, 2.24) is 0 Å². The highest BCUT2D eigenvalue weighted by Crippen LogP contribution is 2.29. The minimum absolute atomic E-state index is 0.361. The zero-order valence-electron chi connectivity index (χ0n) is 10.4. The van der Waals surface area contributed by atoms with E-state index in [-0.39, 0.29) is 0 Å². The summed E-state index contributed by atoms with van der Waals surface area (Å²) in [6.07, 6.45) is 4.04. The van der Waals surface area contributed by atoms with E-state index in [2.05, 4.69) is 6.92 Å². The van der Waals surface area contributed by atoms with Gasteiger partial charge in [-0.3, -0.25) is 0 Å². The average molecular weight is 273 g/mol. The predicted molar refractivity (Wildman–Crippen MR) is 73.4 cm³/mol. The molecule has 1 unspecified atom stereocenters. The van der Waals surface area contributed by atoms with Gasteiger partial charge in [0.25, 0.3) is 0 Å². The second kappa shape index (κ2) is 5.89. The first kappa shape index (κ1) is 14.5. The zero-order valence-corrected chi connectivity index (χ0v) is 12.1. The molecule has 0 aliphatic heterocycles. The monoisotopic (exact) mass is 273 g/mol. The first-order valence-corrected chi connectivity index (χ1v) is 8.59. The highest BCUT2D eigenvalue weighted by Gasteiger charge is 2.14. The van der Waals surface area contributed by atoms with Crippen LogP contribution in [0.25, 0.3) is 0 Å². The highest BCUT2D eigenvalue weighted by molar-refractivity contribution is 7.99. The number of hydrogen-bond donors (Lipinski definition) is 1. The molecule has 17 heavy (non-hydrogen) atoms. The first-order chi connectivity index (χ1) is 7.90. The van der Waals surface area contributed by atoms with Crippen molar-refractivity contribution in [3.8, 4) is 0 Å². The molecule has 1 rings (SSSR count). The van der Waals surface area contributed by atoms with Crippen LogP contribution in [-0.4, -0.2) is 27.5 Å². The number of benzene rings is 1. The van der Waals surface area contributed by atoms with E-state index in [9.17, 15) is 8.42 Å². The lowest BCUT2D eigenvalue weighted by molar-refractivity contribution is 0.599. The minimum atomic E-state index is -3.15. The van der Waals surface area contributed by atoms with E-state index in [4.69, 9.17) is 5.73 Å². The topological polar surface area (TPSA) is 60.2 Å². The maximum absolute atomic E-state index is 11.6. The van der Waals surface area contributed by atoms with E-state index in [1.54, 1.807) is 6.07 Å². The van der Waals surface area contributed by atoms with Crippen molar-refractivity contribution in [3.05, 3.63) is 23.8 Å². The Hall–Kier alpha value is -0.520. The average Bonchev–Trinajstić information content (AvgIpc) is 2.27. The zero-order chi connectivity index (χ0) is 13.1. The molecule has 2 N–H and O–H groups in total. The van der Waals surface area contributed by atoms with Crippen LogP contribution in [0.2, 0.25) is 0 Å². The fourth-order valence-electron chi connectivity index (χ4n) is 1.71. The molecular formula is C12H19NO2S2. The van der Waals surface area contributed by atoms with Gasteiger partial charge in [0.05, 0.1) is 4.90 Å². The summed E-state index contributed by atoms with van der Waals surface area (Å²) in [7, 11) is -3.15. The van der Waals surface area contributed by atoms with Gasteiger partial charge < -0.3 is 5.73 Å². The number of hydrogen-bond acceptors (Lipinski definition) is 4. The fourth-order valence-corrected chi connectivity index (χ4v) is 3.68. The third kappa shape index (κ3) is 3.72. The van der Waals surface area contributed by atoms with Crippen molar-refractivity contribution >= 4 is 21.6 Å². The number of rotatable bonds is 5. The van der Waals surface area contributed by atoms with Crippen LogP contribution < -0.4 is 5.73 Å². The Bertz CT molecular complexity index is 483. The quantitative estimate of drug-likeness (QED) is 0.836. The Morgan fingerprint density at radius 3 is 2.53 bits per heavy atom. The molecule has 0 heterocycles. The Morgan fingerprint density at radius 2 is 2.06 bits per heavy atom. The van der Waals surface area contributed by atoms with E-state index in [0.717, 1.165) is 16.9 Å². The van der Waals surface area contributed by atoms with E-state index in [1.165, 1.54) is 18.0 Å². The Balaban J connectivity index is 3.18. The van der Waals surface area contributed by atoms with Crippen molar-refractivity contribution in [1.29, 1.82) is 0 Å². The smallest absolute Gasteiger partial charge is 0.176 e. The molecule has 0 radical (unpaired) electrons. The first-order valence-electron chi connectivity index (χ1n) is 5.48. The van der Waals surface area contributed by atoms with E-state index in [0.29, 0.717) is 17.4 Å². The number of thioether (sulfide) groups is 1. The summed E-state index contributed by atoms with van der Waals surface area (Å²) in [5.74, 6) is 0.361. The second-order valence-electron chi connectivity index (χ2n) is 4.16. The largest absolute Gasteiger partial charge is 0.330 e. The molecule has 0 saturated heterocycles. The lowest BCUT2D eigenvalue weighted by Crippen LogP contribution is -2.06. The molecule has 1 aromatic rings. The molecule has 3 nitrogen and oxygen atoms in total. The van der Waals surface area contributed by atoms with Crippen LogP contribution in [0.1, 0.15) is 24.8 Å². The molecule has 0 fully saturated rings. The lowest BCUT2D eigenvalue weighted by atomic mass is 9.98. The molecule has 0 aromatic heterocycles.